The number of hydrogen-bond donors (Lipinski definition) is 1. The minimum Gasteiger partial charge on any atom is -0.379 e. The molecule has 0 fully saturated rings. The molecule has 0 unspecified atom stereocenters. The number of aromatic nitrogens is 2. The van der Waals surface area contributed by atoms with E-state index in [0.29, 0.717) is 29.7 Å². The van der Waals surface area contributed by atoms with Crippen LogP contribution in [0.2, 0.25) is 0 Å². The van der Waals surface area contributed by atoms with E-state index in [1.807, 2.05) is 20.1 Å². The molecular weight excluding hydrogens is 329 g/mol. The Hall–Kier alpha value is -1.86. The van der Waals surface area contributed by atoms with Gasteiger partial charge in [0.1, 0.15) is 11.5 Å². The molecule has 7 heteroatoms. The second-order valence-electron chi connectivity index (χ2n) is 5.47. The molecule has 0 bridgehead atoms. The van der Waals surface area contributed by atoms with Crippen LogP contribution in [-0.4, -0.2) is 41.0 Å². The number of rotatable bonds is 8. The Morgan fingerprint density at radius 3 is 2.71 bits per heavy atom. The molecule has 0 saturated heterocycles. The van der Waals surface area contributed by atoms with Crippen LogP contribution in [0.25, 0.3) is 5.69 Å². The number of ether oxygens (including phenoxy) is 1. The van der Waals surface area contributed by atoms with Crippen molar-refractivity contribution in [2.24, 2.45) is 0 Å². The lowest BCUT2D eigenvalue weighted by atomic mass is 10.3. The summed E-state index contributed by atoms with van der Waals surface area (Å²) in [6.07, 6.45) is 4.34. The van der Waals surface area contributed by atoms with Crippen molar-refractivity contribution in [3.63, 3.8) is 0 Å². The second-order valence-corrected chi connectivity index (χ2v) is 6.24. The quantitative estimate of drug-likeness (QED) is 0.586. The number of carbonyl (C=O) groups excluding carboxylic acids is 1. The van der Waals surface area contributed by atoms with Crippen molar-refractivity contribution in [1.29, 1.82) is 0 Å². The van der Waals surface area contributed by atoms with Gasteiger partial charge in [-0.15, -0.1) is 0 Å². The minimum atomic E-state index is -0.319. The van der Waals surface area contributed by atoms with Gasteiger partial charge in [-0.05, 0) is 50.8 Å². The van der Waals surface area contributed by atoms with E-state index in [9.17, 15) is 9.18 Å². The minimum absolute atomic E-state index is 0.185. The van der Waals surface area contributed by atoms with Crippen molar-refractivity contribution in [2.45, 2.75) is 31.5 Å². The molecule has 0 saturated carbocycles. The van der Waals surface area contributed by atoms with Gasteiger partial charge >= 0.3 is 0 Å². The normalized spacial score (nSPS) is 11.0. The summed E-state index contributed by atoms with van der Waals surface area (Å²) in [5, 5.41) is 3.54. The number of nitrogens with zero attached hydrogens (tertiary/aromatic N) is 2. The summed E-state index contributed by atoms with van der Waals surface area (Å²) in [6, 6.07) is 5.99. The Kier molecular flexibility index (Phi) is 6.81. The SMILES string of the molecule is CSc1ncc(C(=O)NCCCOC(C)C)n1-c1ccc(F)cc1. The Bertz CT molecular complexity index is 671. The van der Waals surface area contributed by atoms with E-state index in [2.05, 4.69) is 10.3 Å². The predicted molar refractivity (Wildman–Crippen MR) is 93.3 cm³/mol. The van der Waals surface area contributed by atoms with Gasteiger partial charge < -0.3 is 10.1 Å². The topological polar surface area (TPSA) is 56.1 Å². The van der Waals surface area contributed by atoms with Crippen molar-refractivity contribution < 1.29 is 13.9 Å². The van der Waals surface area contributed by atoms with Crippen LogP contribution < -0.4 is 5.32 Å². The number of amides is 1. The van der Waals surface area contributed by atoms with E-state index >= 15 is 0 Å². The number of benzene rings is 1. The Morgan fingerprint density at radius 2 is 2.08 bits per heavy atom. The third-order valence-corrected chi connectivity index (χ3v) is 3.94. The summed E-state index contributed by atoms with van der Waals surface area (Å²) < 4.78 is 20.3. The lowest BCUT2D eigenvalue weighted by Gasteiger charge is -2.12. The molecule has 130 valence electrons. The maximum Gasteiger partial charge on any atom is 0.269 e. The second kappa shape index (κ2) is 8.84. The van der Waals surface area contributed by atoms with E-state index in [4.69, 9.17) is 4.74 Å². The van der Waals surface area contributed by atoms with Gasteiger partial charge in [0.05, 0.1) is 12.3 Å². The summed E-state index contributed by atoms with van der Waals surface area (Å²) in [5.74, 6) is -0.530. The molecule has 1 N–H and O–H groups in total. The van der Waals surface area contributed by atoms with Crippen LogP contribution in [0, 0.1) is 5.82 Å². The number of thioether (sulfide) groups is 1. The molecule has 2 aromatic rings. The first kappa shape index (κ1) is 18.5. The number of halogens is 1. The average Bonchev–Trinajstić information content (AvgIpc) is 2.99. The van der Waals surface area contributed by atoms with Gasteiger partial charge in [0.15, 0.2) is 5.16 Å². The van der Waals surface area contributed by atoms with E-state index in [0.717, 1.165) is 6.42 Å². The first-order valence-electron chi connectivity index (χ1n) is 7.80. The number of nitrogens with one attached hydrogen (secondary N) is 1. The fourth-order valence-corrected chi connectivity index (χ4v) is 2.71. The van der Waals surface area contributed by atoms with Gasteiger partial charge in [0.25, 0.3) is 5.91 Å². The van der Waals surface area contributed by atoms with Crippen LogP contribution in [-0.2, 0) is 4.74 Å². The molecule has 0 aliphatic carbocycles. The zero-order valence-electron chi connectivity index (χ0n) is 14.1. The van der Waals surface area contributed by atoms with Gasteiger partial charge in [0, 0.05) is 18.8 Å². The molecule has 5 nitrogen and oxygen atoms in total. The highest BCUT2D eigenvalue weighted by atomic mass is 32.2. The van der Waals surface area contributed by atoms with E-state index in [1.165, 1.54) is 30.1 Å². The summed E-state index contributed by atoms with van der Waals surface area (Å²) in [5.41, 5.74) is 1.13. The first-order valence-corrected chi connectivity index (χ1v) is 9.03. The third kappa shape index (κ3) is 4.82. The fraction of sp³-hybridized carbons (Fsp3) is 0.412. The van der Waals surface area contributed by atoms with Gasteiger partial charge in [-0.25, -0.2) is 9.37 Å². The lowest BCUT2D eigenvalue weighted by molar-refractivity contribution is 0.0756. The average molecular weight is 351 g/mol. The van der Waals surface area contributed by atoms with Crippen molar-refractivity contribution in [3.05, 3.63) is 42.0 Å². The summed E-state index contributed by atoms with van der Waals surface area (Å²) in [4.78, 5) is 16.7. The van der Waals surface area contributed by atoms with Crippen LogP contribution >= 0.6 is 11.8 Å². The Morgan fingerprint density at radius 1 is 1.38 bits per heavy atom. The van der Waals surface area contributed by atoms with E-state index in [1.54, 1.807) is 16.7 Å². The monoisotopic (exact) mass is 351 g/mol. The lowest BCUT2D eigenvalue weighted by Crippen LogP contribution is -2.27. The molecule has 1 amide bonds. The van der Waals surface area contributed by atoms with Crippen LogP contribution in [0.5, 0.6) is 0 Å². The standard InChI is InChI=1S/C17H22FN3O2S/c1-12(2)23-10-4-9-19-16(22)15-11-20-17(24-3)21(15)14-7-5-13(18)6-8-14/h5-8,11-12H,4,9-10H2,1-3H3,(H,19,22). The molecule has 1 aromatic heterocycles. The highest BCUT2D eigenvalue weighted by Crippen LogP contribution is 2.22. The summed E-state index contributed by atoms with van der Waals surface area (Å²) in [6.45, 7) is 5.08. The van der Waals surface area contributed by atoms with Crippen molar-refractivity contribution in [2.75, 3.05) is 19.4 Å². The van der Waals surface area contributed by atoms with Crippen molar-refractivity contribution in [3.8, 4) is 5.69 Å². The Balaban J connectivity index is 2.08. The highest BCUT2D eigenvalue weighted by Gasteiger charge is 2.17. The van der Waals surface area contributed by atoms with Crippen LogP contribution in [0.1, 0.15) is 30.8 Å². The van der Waals surface area contributed by atoms with E-state index < -0.39 is 0 Å². The maximum absolute atomic E-state index is 13.1. The molecule has 0 radical (unpaired) electrons. The van der Waals surface area contributed by atoms with Crippen LogP contribution in [0.15, 0.2) is 35.6 Å². The zero-order chi connectivity index (χ0) is 17.5. The Labute approximate surface area is 145 Å². The number of hydrogen-bond acceptors (Lipinski definition) is 4. The van der Waals surface area contributed by atoms with Crippen LogP contribution in [0.3, 0.4) is 0 Å². The largest absolute Gasteiger partial charge is 0.379 e. The molecular formula is C17H22FN3O2S. The fourth-order valence-electron chi connectivity index (χ4n) is 2.16. The molecule has 2 rings (SSSR count). The predicted octanol–water partition coefficient (Wildman–Crippen LogP) is 3.28. The smallest absolute Gasteiger partial charge is 0.269 e. The molecule has 24 heavy (non-hydrogen) atoms. The number of carbonyl (C=O) groups is 1. The van der Waals surface area contributed by atoms with Crippen molar-refractivity contribution >= 4 is 17.7 Å². The van der Waals surface area contributed by atoms with Gasteiger partial charge in [-0.1, -0.05) is 11.8 Å². The molecule has 0 spiro atoms. The first-order chi connectivity index (χ1) is 11.5. The van der Waals surface area contributed by atoms with E-state index in [-0.39, 0.29) is 17.8 Å². The molecule has 1 heterocycles. The molecule has 0 aliphatic rings. The zero-order valence-corrected chi connectivity index (χ0v) is 14.9. The summed E-state index contributed by atoms with van der Waals surface area (Å²) >= 11 is 1.43. The third-order valence-electron chi connectivity index (χ3n) is 3.29. The molecule has 1 aromatic carbocycles. The van der Waals surface area contributed by atoms with Gasteiger partial charge in [-0.3, -0.25) is 9.36 Å². The van der Waals surface area contributed by atoms with Gasteiger partial charge in [-0.2, -0.15) is 0 Å². The van der Waals surface area contributed by atoms with Gasteiger partial charge in [0.2, 0.25) is 0 Å². The van der Waals surface area contributed by atoms with Crippen molar-refractivity contribution in [1.82, 2.24) is 14.9 Å². The maximum atomic E-state index is 13.1. The molecule has 0 aliphatic heterocycles. The summed E-state index contributed by atoms with van der Waals surface area (Å²) in [7, 11) is 0. The van der Waals surface area contributed by atoms with Crippen LogP contribution in [0.4, 0.5) is 4.39 Å². The number of imidazole rings is 1. The molecule has 0 atom stereocenters. The highest BCUT2D eigenvalue weighted by molar-refractivity contribution is 7.98.